The van der Waals surface area contributed by atoms with E-state index in [-0.39, 0.29) is 11.5 Å². The Morgan fingerprint density at radius 1 is 1.67 bits per heavy atom. The van der Waals surface area contributed by atoms with Crippen LogP contribution in [0, 0.1) is 0 Å². The molecule has 0 spiro atoms. The second kappa shape index (κ2) is 4.63. The van der Waals surface area contributed by atoms with Gasteiger partial charge in [0.2, 0.25) is 0 Å². The van der Waals surface area contributed by atoms with Crippen LogP contribution in [0.15, 0.2) is 0 Å². The minimum absolute atomic E-state index is 0.104. The van der Waals surface area contributed by atoms with Gasteiger partial charge in [-0.2, -0.15) is 0 Å². The highest BCUT2D eigenvalue weighted by atomic mass is 32.2. The van der Waals surface area contributed by atoms with Gasteiger partial charge in [-0.15, -0.1) is 11.8 Å². The largest absolute Gasteiger partial charge is 0.328 e. The Balaban J connectivity index is 2.38. The molecule has 4 nitrogen and oxygen atoms in total. The molecule has 1 aliphatic rings. The fourth-order valence-corrected chi connectivity index (χ4v) is 3.35. The van der Waals surface area contributed by atoms with Crippen LogP contribution in [0.1, 0.15) is 19.8 Å². The van der Waals surface area contributed by atoms with E-state index in [1.54, 1.807) is 11.8 Å². The van der Waals surface area contributed by atoms with Crippen molar-refractivity contribution in [1.82, 2.24) is 0 Å². The van der Waals surface area contributed by atoms with Crippen molar-refractivity contribution >= 4 is 20.0 Å². The predicted octanol–water partition coefficient (Wildman–Crippen LogP) is 0.954. The smallest absolute Gasteiger partial charge is 0.317 e. The fraction of sp³-hybridized carbons (Fsp3) is 1.00. The van der Waals surface area contributed by atoms with Crippen LogP contribution in [-0.2, 0) is 9.09 Å². The van der Waals surface area contributed by atoms with Crippen LogP contribution in [0.3, 0.4) is 0 Å². The Morgan fingerprint density at radius 3 is 2.83 bits per heavy atom. The van der Waals surface area contributed by atoms with E-state index in [9.17, 15) is 4.57 Å². The molecule has 6 heteroatoms. The third-order valence-corrected chi connectivity index (χ3v) is 3.65. The molecule has 3 N–H and O–H groups in total. The molecule has 0 aliphatic carbocycles. The lowest BCUT2D eigenvalue weighted by Crippen LogP contribution is -2.33. The highest BCUT2D eigenvalue weighted by Crippen LogP contribution is 2.36. The lowest BCUT2D eigenvalue weighted by atomic mass is 10.1. The van der Waals surface area contributed by atoms with E-state index in [1.165, 1.54) is 0 Å². The van der Waals surface area contributed by atoms with E-state index < -0.39 is 8.25 Å². The van der Waals surface area contributed by atoms with Gasteiger partial charge in [0, 0.05) is 11.3 Å². The van der Waals surface area contributed by atoms with E-state index >= 15 is 0 Å². The summed E-state index contributed by atoms with van der Waals surface area (Å²) in [6, 6.07) is 0.104. The highest BCUT2D eigenvalue weighted by molar-refractivity contribution is 8.00. The first-order chi connectivity index (χ1) is 5.58. The molecular weight excluding hydrogens is 197 g/mol. The van der Waals surface area contributed by atoms with E-state index in [2.05, 4.69) is 6.92 Å². The maximum Gasteiger partial charge on any atom is 0.317 e. The number of nitrogens with two attached hydrogens (primary N) is 1. The molecule has 0 bridgehead atoms. The van der Waals surface area contributed by atoms with Crippen molar-refractivity contribution < 1.29 is 14.0 Å². The number of hydrogen-bond donors (Lipinski definition) is 2. The second-order valence-corrected chi connectivity index (χ2v) is 5.36. The zero-order chi connectivity index (χ0) is 9.14. The lowest BCUT2D eigenvalue weighted by molar-refractivity contribution is 0.234. The van der Waals surface area contributed by atoms with Crippen molar-refractivity contribution in [1.29, 1.82) is 0 Å². The fourth-order valence-electron chi connectivity index (χ4n) is 1.33. The van der Waals surface area contributed by atoms with Gasteiger partial charge in [0.15, 0.2) is 0 Å². The van der Waals surface area contributed by atoms with E-state index in [0.717, 1.165) is 6.42 Å². The Hall–Kier alpha value is 0.460. The molecule has 0 aromatic heterocycles. The first kappa shape index (κ1) is 10.5. The van der Waals surface area contributed by atoms with Gasteiger partial charge in [-0.1, -0.05) is 6.92 Å². The van der Waals surface area contributed by atoms with Crippen LogP contribution in [0.25, 0.3) is 0 Å². The molecule has 1 saturated heterocycles. The molecule has 0 amide bonds. The first-order valence-corrected chi connectivity index (χ1v) is 6.09. The van der Waals surface area contributed by atoms with Crippen LogP contribution in [0.2, 0.25) is 0 Å². The molecule has 12 heavy (non-hydrogen) atoms. The van der Waals surface area contributed by atoms with Crippen LogP contribution < -0.4 is 5.73 Å². The molecule has 1 rings (SSSR count). The maximum absolute atomic E-state index is 10.4. The second-order valence-electron chi connectivity index (χ2n) is 2.99. The molecule has 0 aromatic carbocycles. The Morgan fingerprint density at radius 2 is 2.33 bits per heavy atom. The molecule has 1 fully saturated rings. The monoisotopic (exact) mass is 211 g/mol. The molecule has 0 radical (unpaired) electrons. The van der Waals surface area contributed by atoms with Gasteiger partial charge in [0.1, 0.15) is 5.44 Å². The molecule has 0 saturated carbocycles. The van der Waals surface area contributed by atoms with Crippen molar-refractivity contribution in [2.75, 3.05) is 0 Å². The maximum atomic E-state index is 10.4. The van der Waals surface area contributed by atoms with Crippen LogP contribution >= 0.6 is 20.0 Å². The summed E-state index contributed by atoms with van der Waals surface area (Å²) in [4.78, 5) is 8.55. The summed E-state index contributed by atoms with van der Waals surface area (Å²) < 4.78 is 15.2. The minimum atomic E-state index is -2.81. The first-order valence-electron chi connectivity index (χ1n) is 3.88. The average Bonchev–Trinajstić information content (AvgIpc) is 1.81. The topological polar surface area (TPSA) is 72.5 Å². The average molecular weight is 211 g/mol. The summed E-state index contributed by atoms with van der Waals surface area (Å²) in [7, 11) is -2.81. The molecule has 72 valence electrons. The molecule has 1 aliphatic heterocycles. The third kappa shape index (κ3) is 3.46. The number of rotatable bonds is 2. The standard InChI is InChI=1S/C6H14NO3PS/c1-4-2-5(7)3-6(12-4)10-11(8)9/h4-6,11H,2-3,7H2,1H3,(H,8,9). The third-order valence-electron chi connectivity index (χ3n) is 1.75. The highest BCUT2D eigenvalue weighted by Gasteiger charge is 2.26. The zero-order valence-corrected chi connectivity index (χ0v) is 8.71. The van der Waals surface area contributed by atoms with Crippen molar-refractivity contribution in [3.05, 3.63) is 0 Å². The summed E-state index contributed by atoms with van der Waals surface area (Å²) in [6.07, 6.45) is 1.63. The normalized spacial score (nSPS) is 39.4. The van der Waals surface area contributed by atoms with Crippen LogP contribution in [0.4, 0.5) is 0 Å². The van der Waals surface area contributed by atoms with Gasteiger partial charge >= 0.3 is 8.25 Å². The summed E-state index contributed by atoms with van der Waals surface area (Å²) in [6.45, 7) is 2.05. The van der Waals surface area contributed by atoms with Gasteiger partial charge in [-0.25, -0.2) is 0 Å². The Bertz CT molecular complexity index is 170. The van der Waals surface area contributed by atoms with Gasteiger partial charge in [0.05, 0.1) is 0 Å². The molecule has 1 heterocycles. The van der Waals surface area contributed by atoms with E-state index in [0.29, 0.717) is 11.7 Å². The molecule has 0 aromatic rings. The summed E-state index contributed by atoms with van der Waals surface area (Å²) in [5, 5.41) is 0.417. The number of thioether (sulfide) groups is 1. The predicted molar refractivity (Wildman–Crippen MR) is 50.4 cm³/mol. The van der Waals surface area contributed by atoms with Gasteiger partial charge in [-0.3, -0.25) is 9.09 Å². The molecule has 4 atom stereocenters. The summed E-state index contributed by atoms with van der Waals surface area (Å²) in [5.74, 6) is 0. The van der Waals surface area contributed by atoms with Crippen molar-refractivity contribution in [2.24, 2.45) is 5.73 Å². The lowest BCUT2D eigenvalue weighted by Gasteiger charge is -2.29. The minimum Gasteiger partial charge on any atom is -0.328 e. The number of hydrogen-bond acceptors (Lipinski definition) is 4. The van der Waals surface area contributed by atoms with Crippen LogP contribution in [-0.4, -0.2) is 21.6 Å². The zero-order valence-electron chi connectivity index (χ0n) is 6.90. The van der Waals surface area contributed by atoms with Gasteiger partial charge < -0.3 is 10.6 Å². The quantitative estimate of drug-likeness (QED) is 0.665. The molecule has 4 unspecified atom stereocenters. The van der Waals surface area contributed by atoms with Crippen LogP contribution in [0.5, 0.6) is 0 Å². The SMILES string of the molecule is CC1CC(N)CC(O[PH](=O)O)S1. The summed E-state index contributed by atoms with van der Waals surface area (Å²) in [5.41, 5.74) is 5.53. The van der Waals surface area contributed by atoms with Crippen molar-refractivity contribution in [3.8, 4) is 0 Å². The van der Waals surface area contributed by atoms with Crippen molar-refractivity contribution in [3.63, 3.8) is 0 Å². The Kier molecular flexibility index (Phi) is 4.06. The van der Waals surface area contributed by atoms with E-state index in [1.807, 2.05) is 0 Å². The molecular formula is C6H14NO3PS. The summed E-state index contributed by atoms with van der Waals surface area (Å²) >= 11 is 1.58. The van der Waals surface area contributed by atoms with E-state index in [4.69, 9.17) is 15.2 Å². The van der Waals surface area contributed by atoms with Gasteiger partial charge in [0.25, 0.3) is 0 Å². The van der Waals surface area contributed by atoms with Crippen molar-refractivity contribution in [2.45, 2.75) is 36.5 Å². The Labute approximate surface area is 76.8 Å². The van der Waals surface area contributed by atoms with Gasteiger partial charge in [-0.05, 0) is 12.8 Å².